The second-order valence-electron chi connectivity index (χ2n) is 5.43. The van der Waals surface area contributed by atoms with Crippen molar-refractivity contribution in [3.63, 3.8) is 0 Å². The summed E-state index contributed by atoms with van der Waals surface area (Å²) < 4.78 is 0. The lowest BCUT2D eigenvalue weighted by Gasteiger charge is -2.14. The molecule has 0 aliphatic rings. The Bertz CT molecular complexity index is 364. The lowest BCUT2D eigenvalue weighted by atomic mass is 9.98. The molecular formula is C15H23Cl2N. The van der Waals surface area contributed by atoms with Gasteiger partial charge in [-0.25, -0.2) is 0 Å². The summed E-state index contributed by atoms with van der Waals surface area (Å²) in [6, 6.07) is 5.76. The Morgan fingerprint density at radius 1 is 1.17 bits per heavy atom. The minimum Gasteiger partial charge on any atom is -0.316 e. The van der Waals surface area contributed by atoms with Crippen LogP contribution in [-0.2, 0) is 6.42 Å². The van der Waals surface area contributed by atoms with Crippen LogP contribution in [0.4, 0.5) is 0 Å². The minimum atomic E-state index is 0.628. The molecule has 1 nitrogen and oxygen atoms in total. The maximum absolute atomic E-state index is 6.18. The Hall–Kier alpha value is -0.240. The molecule has 0 aliphatic heterocycles. The smallest absolute Gasteiger partial charge is 0.0452 e. The predicted octanol–water partition coefficient (Wildman–Crippen LogP) is 4.81. The fourth-order valence-electron chi connectivity index (χ4n) is 1.90. The SMILES string of the molecule is CC(C)CNCCC(C)Cc1ccc(Cl)cc1Cl. The molecule has 1 rings (SSSR count). The van der Waals surface area contributed by atoms with Gasteiger partial charge in [0, 0.05) is 10.0 Å². The Morgan fingerprint density at radius 3 is 2.50 bits per heavy atom. The highest BCUT2D eigenvalue weighted by Crippen LogP contribution is 2.24. The van der Waals surface area contributed by atoms with Crippen molar-refractivity contribution in [2.24, 2.45) is 11.8 Å². The summed E-state index contributed by atoms with van der Waals surface area (Å²) in [5.41, 5.74) is 1.19. The lowest BCUT2D eigenvalue weighted by molar-refractivity contribution is 0.474. The van der Waals surface area contributed by atoms with Crippen molar-refractivity contribution < 1.29 is 0 Å². The van der Waals surface area contributed by atoms with E-state index < -0.39 is 0 Å². The molecule has 1 atom stereocenters. The molecule has 1 aromatic rings. The van der Waals surface area contributed by atoms with E-state index in [1.807, 2.05) is 18.2 Å². The molecule has 1 N–H and O–H groups in total. The molecule has 0 spiro atoms. The van der Waals surface area contributed by atoms with E-state index in [9.17, 15) is 0 Å². The van der Waals surface area contributed by atoms with E-state index in [4.69, 9.17) is 23.2 Å². The Morgan fingerprint density at radius 2 is 1.89 bits per heavy atom. The first kappa shape index (κ1) is 15.8. The van der Waals surface area contributed by atoms with E-state index in [2.05, 4.69) is 26.1 Å². The largest absolute Gasteiger partial charge is 0.316 e. The van der Waals surface area contributed by atoms with Crippen LogP contribution in [-0.4, -0.2) is 13.1 Å². The van der Waals surface area contributed by atoms with E-state index >= 15 is 0 Å². The normalized spacial score (nSPS) is 13.0. The van der Waals surface area contributed by atoms with Crippen LogP contribution >= 0.6 is 23.2 Å². The van der Waals surface area contributed by atoms with Gasteiger partial charge in [-0.1, -0.05) is 50.0 Å². The molecule has 0 fully saturated rings. The monoisotopic (exact) mass is 287 g/mol. The molecule has 0 saturated heterocycles. The van der Waals surface area contributed by atoms with Crippen LogP contribution in [0.2, 0.25) is 10.0 Å². The number of nitrogens with one attached hydrogen (secondary N) is 1. The third-order valence-electron chi connectivity index (χ3n) is 2.95. The van der Waals surface area contributed by atoms with Gasteiger partial charge in [0.05, 0.1) is 0 Å². The van der Waals surface area contributed by atoms with Gasteiger partial charge in [0.25, 0.3) is 0 Å². The van der Waals surface area contributed by atoms with Gasteiger partial charge >= 0.3 is 0 Å². The van der Waals surface area contributed by atoms with Gasteiger partial charge in [-0.3, -0.25) is 0 Å². The van der Waals surface area contributed by atoms with Crippen LogP contribution in [0.3, 0.4) is 0 Å². The minimum absolute atomic E-state index is 0.628. The van der Waals surface area contributed by atoms with Gasteiger partial charge in [-0.2, -0.15) is 0 Å². The van der Waals surface area contributed by atoms with Crippen molar-refractivity contribution in [3.05, 3.63) is 33.8 Å². The molecule has 0 amide bonds. The first-order chi connectivity index (χ1) is 8.49. The fraction of sp³-hybridized carbons (Fsp3) is 0.600. The van der Waals surface area contributed by atoms with Crippen LogP contribution in [0.1, 0.15) is 32.8 Å². The third kappa shape index (κ3) is 6.08. The molecule has 1 aromatic carbocycles. The van der Waals surface area contributed by atoms with Crippen molar-refractivity contribution >= 4 is 23.2 Å². The van der Waals surface area contributed by atoms with E-state index in [0.29, 0.717) is 16.9 Å². The quantitative estimate of drug-likeness (QED) is 0.710. The first-order valence-corrected chi connectivity index (χ1v) is 7.39. The summed E-state index contributed by atoms with van der Waals surface area (Å²) in [7, 11) is 0. The predicted molar refractivity (Wildman–Crippen MR) is 81.7 cm³/mol. The summed E-state index contributed by atoms with van der Waals surface area (Å²) in [4.78, 5) is 0. The summed E-state index contributed by atoms with van der Waals surface area (Å²) in [6.07, 6.45) is 2.19. The fourth-order valence-corrected chi connectivity index (χ4v) is 2.39. The molecule has 1 unspecified atom stereocenters. The maximum Gasteiger partial charge on any atom is 0.0452 e. The van der Waals surface area contributed by atoms with Crippen molar-refractivity contribution in [1.29, 1.82) is 0 Å². The van der Waals surface area contributed by atoms with Gasteiger partial charge in [0.2, 0.25) is 0 Å². The lowest BCUT2D eigenvalue weighted by Crippen LogP contribution is -2.22. The second-order valence-corrected chi connectivity index (χ2v) is 6.28. The van der Waals surface area contributed by atoms with E-state index in [1.54, 1.807) is 0 Å². The van der Waals surface area contributed by atoms with E-state index in [-0.39, 0.29) is 0 Å². The van der Waals surface area contributed by atoms with Crippen molar-refractivity contribution in [1.82, 2.24) is 5.32 Å². The van der Waals surface area contributed by atoms with Gasteiger partial charge in [0.1, 0.15) is 0 Å². The summed E-state index contributed by atoms with van der Waals surface area (Å²) >= 11 is 12.1. The summed E-state index contributed by atoms with van der Waals surface area (Å²) in [6.45, 7) is 8.88. The van der Waals surface area contributed by atoms with Crippen LogP contribution in [0.5, 0.6) is 0 Å². The first-order valence-electron chi connectivity index (χ1n) is 6.63. The zero-order chi connectivity index (χ0) is 13.5. The molecule has 3 heteroatoms. The third-order valence-corrected chi connectivity index (χ3v) is 3.54. The van der Waals surface area contributed by atoms with Gasteiger partial charge in [-0.05, 0) is 55.5 Å². The van der Waals surface area contributed by atoms with E-state index in [0.717, 1.165) is 24.5 Å². The van der Waals surface area contributed by atoms with Crippen molar-refractivity contribution in [2.45, 2.75) is 33.6 Å². The van der Waals surface area contributed by atoms with Crippen LogP contribution in [0.25, 0.3) is 0 Å². The Labute approximate surface area is 121 Å². The molecule has 0 saturated carbocycles. The topological polar surface area (TPSA) is 12.0 Å². The maximum atomic E-state index is 6.18. The van der Waals surface area contributed by atoms with Crippen LogP contribution in [0.15, 0.2) is 18.2 Å². The summed E-state index contributed by atoms with van der Waals surface area (Å²) in [5, 5.41) is 4.96. The highest BCUT2D eigenvalue weighted by Gasteiger charge is 2.07. The average Bonchev–Trinajstić information content (AvgIpc) is 2.28. The Kier molecular flexibility index (Phi) is 7.06. The number of rotatable bonds is 7. The van der Waals surface area contributed by atoms with Gasteiger partial charge in [0.15, 0.2) is 0 Å². The number of hydrogen-bond donors (Lipinski definition) is 1. The van der Waals surface area contributed by atoms with Crippen LogP contribution < -0.4 is 5.32 Å². The van der Waals surface area contributed by atoms with Gasteiger partial charge < -0.3 is 5.32 Å². The highest BCUT2D eigenvalue weighted by atomic mass is 35.5. The molecule has 18 heavy (non-hydrogen) atoms. The zero-order valence-corrected chi connectivity index (χ0v) is 13.0. The van der Waals surface area contributed by atoms with Crippen molar-refractivity contribution in [2.75, 3.05) is 13.1 Å². The molecule has 0 radical (unpaired) electrons. The molecule has 0 aromatic heterocycles. The molecule has 0 heterocycles. The molecule has 0 bridgehead atoms. The standard InChI is InChI=1S/C15H23Cl2N/c1-11(2)10-18-7-6-12(3)8-13-4-5-14(16)9-15(13)17/h4-5,9,11-12,18H,6-8,10H2,1-3H3. The average molecular weight is 288 g/mol. The Balaban J connectivity index is 2.33. The van der Waals surface area contributed by atoms with E-state index in [1.165, 1.54) is 12.0 Å². The summed E-state index contributed by atoms with van der Waals surface area (Å²) in [5.74, 6) is 1.34. The molecular weight excluding hydrogens is 265 g/mol. The number of benzene rings is 1. The molecule has 0 aliphatic carbocycles. The van der Waals surface area contributed by atoms with Crippen LogP contribution in [0, 0.1) is 11.8 Å². The second kappa shape index (κ2) is 8.04. The van der Waals surface area contributed by atoms with Crippen molar-refractivity contribution in [3.8, 4) is 0 Å². The number of halogens is 2. The number of hydrogen-bond acceptors (Lipinski definition) is 1. The zero-order valence-electron chi connectivity index (χ0n) is 11.5. The van der Waals surface area contributed by atoms with Gasteiger partial charge in [-0.15, -0.1) is 0 Å². The molecule has 102 valence electrons. The highest BCUT2D eigenvalue weighted by molar-refractivity contribution is 6.35.